The van der Waals surface area contributed by atoms with Crippen molar-refractivity contribution in [2.24, 2.45) is 0 Å². The van der Waals surface area contributed by atoms with Crippen molar-refractivity contribution in [1.29, 1.82) is 0 Å². The average Bonchev–Trinajstić information content (AvgIpc) is 3.32. The minimum absolute atomic E-state index is 0.331. The molecular weight excluding hydrogens is 282 g/mol. The maximum absolute atomic E-state index is 11.6. The lowest BCUT2D eigenvalue weighted by atomic mass is 10.2. The molecule has 1 aliphatic rings. The molecule has 0 unspecified atom stereocenters. The van der Waals surface area contributed by atoms with Gasteiger partial charge in [-0.2, -0.15) is 10.1 Å². The number of esters is 1. The molecule has 1 aromatic heterocycles. The monoisotopic (exact) mass is 299 g/mol. The molecule has 2 aromatic rings. The molecule has 7 heteroatoms. The van der Waals surface area contributed by atoms with Crippen LogP contribution in [-0.2, 0) is 4.74 Å². The predicted octanol–water partition coefficient (Wildman–Crippen LogP) is 2.37. The van der Waals surface area contributed by atoms with E-state index in [0.717, 1.165) is 5.69 Å². The Labute approximate surface area is 128 Å². The zero-order valence-corrected chi connectivity index (χ0v) is 12.2. The summed E-state index contributed by atoms with van der Waals surface area (Å²) in [5.41, 5.74) is 1.29. The Bertz CT molecular complexity index is 655. The third-order valence-electron chi connectivity index (χ3n) is 3.14. The first-order chi connectivity index (χ1) is 10.7. The normalized spacial score (nSPS) is 13.5. The summed E-state index contributed by atoms with van der Waals surface area (Å²) < 4.78 is 4.94. The summed E-state index contributed by atoms with van der Waals surface area (Å²) in [6.45, 7) is 2.14. The van der Waals surface area contributed by atoms with Gasteiger partial charge in [0, 0.05) is 11.7 Å². The maximum Gasteiger partial charge on any atom is 0.338 e. The summed E-state index contributed by atoms with van der Waals surface area (Å²) in [7, 11) is 0. The van der Waals surface area contributed by atoms with E-state index in [1.807, 2.05) is 0 Å². The molecular formula is C15H17N5O2. The topological polar surface area (TPSA) is 89.0 Å². The number of benzene rings is 1. The number of aromatic nitrogens is 3. The summed E-state index contributed by atoms with van der Waals surface area (Å²) in [5.74, 6) is 0.792. The quantitative estimate of drug-likeness (QED) is 0.791. The lowest BCUT2D eigenvalue weighted by molar-refractivity contribution is 0.0526. The van der Waals surface area contributed by atoms with E-state index in [0.29, 0.717) is 30.0 Å². The molecule has 1 heterocycles. The third kappa shape index (κ3) is 3.69. The number of rotatable bonds is 6. The molecule has 1 aliphatic carbocycles. The van der Waals surface area contributed by atoms with Gasteiger partial charge in [0.25, 0.3) is 0 Å². The zero-order chi connectivity index (χ0) is 15.4. The van der Waals surface area contributed by atoms with E-state index in [1.165, 1.54) is 12.8 Å². The van der Waals surface area contributed by atoms with E-state index in [1.54, 1.807) is 37.4 Å². The first-order valence-electron chi connectivity index (χ1n) is 7.25. The van der Waals surface area contributed by atoms with Crippen molar-refractivity contribution in [2.45, 2.75) is 25.8 Å². The van der Waals surface area contributed by atoms with Crippen LogP contribution in [0.2, 0.25) is 0 Å². The highest BCUT2D eigenvalue weighted by atomic mass is 16.5. The molecule has 0 amide bonds. The van der Waals surface area contributed by atoms with Crippen LogP contribution in [0.15, 0.2) is 30.5 Å². The van der Waals surface area contributed by atoms with E-state index >= 15 is 0 Å². The summed E-state index contributed by atoms with van der Waals surface area (Å²) in [5, 5.41) is 14.2. The predicted molar refractivity (Wildman–Crippen MR) is 82.2 cm³/mol. The number of carbonyl (C=O) groups is 1. The van der Waals surface area contributed by atoms with Crippen molar-refractivity contribution in [3.63, 3.8) is 0 Å². The average molecular weight is 299 g/mol. The number of ether oxygens (including phenoxy) is 1. The lowest BCUT2D eigenvalue weighted by Crippen LogP contribution is -2.07. The minimum atomic E-state index is -0.331. The molecule has 2 N–H and O–H groups in total. The molecule has 1 saturated carbocycles. The van der Waals surface area contributed by atoms with Crippen LogP contribution in [-0.4, -0.2) is 33.8 Å². The van der Waals surface area contributed by atoms with Crippen molar-refractivity contribution in [1.82, 2.24) is 15.2 Å². The van der Waals surface area contributed by atoms with Crippen LogP contribution in [0.25, 0.3) is 0 Å². The van der Waals surface area contributed by atoms with Crippen molar-refractivity contribution < 1.29 is 9.53 Å². The number of nitrogens with one attached hydrogen (secondary N) is 2. The largest absolute Gasteiger partial charge is 0.462 e. The fraction of sp³-hybridized carbons (Fsp3) is 0.333. The standard InChI is InChI=1S/C15H17N5O2/c1-2-22-14(21)10-3-5-12(6-4-10)18-15-19-13(9-16-20-15)17-11-7-8-11/h3-6,9,11H,2,7-8H2,1H3,(H2,17,18,19,20). The second-order valence-electron chi connectivity index (χ2n) is 5.01. The van der Waals surface area contributed by atoms with E-state index in [-0.39, 0.29) is 5.97 Å². The fourth-order valence-corrected chi connectivity index (χ4v) is 1.90. The van der Waals surface area contributed by atoms with Gasteiger partial charge in [0.2, 0.25) is 5.95 Å². The highest BCUT2D eigenvalue weighted by molar-refractivity contribution is 5.89. The van der Waals surface area contributed by atoms with Crippen LogP contribution in [0, 0.1) is 0 Å². The van der Waals surface area contributed by atoms with Crippen molar-refractivity contribution in [2.75, 3.05) is 17.2 Å². The molecule has 1 aromatic carbocycles. The van der Waals surface area contributed by atoms with Gasteiger partial charge in [0.05, 0.1) is 18.4 Å². The maximum atomic E-state index is 11.6. The first kappa shape index (κ1) is 14.2. The molecule has 0 aliphatic heterocycles. The molecule has 0 saturated heterocycles. The number of hydrogen-bond acceptors (Lipinski definition) is 7. The highest BCUT2D eigenvalue weighted by Crippen LogP contribution is 2.23. The Morgan fingerprint density at radius 1 is 1.32 bits per heavy atom. The van der Waals surface area contributed by atoms with E-state index < -0.39 is 0 Å². The van der Waals surface area contributed by atoms with Gasteiger partial charge in [0.1, 0.15) is 0 Å². The molecule has 7 nitrogen and oxygen atoms in total. The van der Waals surface area contributed by atoms with Gasteiger partial charge >= 0.3 is 5.97 Å². The SMILES string of the molecule is CCOC(=O)c1ccc(Nc2nncc(NC3CC3)n2)cc1. The summed E-state index contributed by atoms with van der Waals surface area (Å²) in [6.07, 6.45) is 3.94. The van der Waals surface area contributed by atoms with Crippen LogP contribution in [0.5, 0.6) is 0 Å². The van der Waals surface area contributed by atoms with Crippen LogP contribution >= 0.6 is 0 Å². The smallest absolute Gasteiger partial charge is 0.338 e. The van der Waals surface area contributed by atoms with E-state index in [2.05, 4.69) is 25.8 Å². The van der Waals surface area contributed by atoms with Crippen molar-refractivity contribution in [3.8, 4) is 0 Å². The second kappa shape index (κ2) is 6.38. The Hall–Kier alpha value is -2.70. The molecule has 22 heavy (non-hydrogen) atoms. The minimum Gasteiger partial charge on any atom is -0.462 e. The highest BCUT2D eigenvalue weighted by Gasteiger charge is 2.21. The molecule has 0 spiro atoms. The van der Waals surface area contributed by atoms with Gasteiger partial charge in [-0.05, 0) is 44.0 Å². The van der Waals surface area contributed by atoms with Crippen molar-refractivity contribution in [3.05, 3.63) is 36.0 Å². The van der Waals surface area contributed by atoms with E-state index in [9.17, 15) is 4.79 Å². The number of hydrogen-bond donors (Lipinski definition) is 2. The second-order valence-corrected chi connectivity index (χ2v) is 5.01. The number of carbonyl (C=O) groups excluding carboxylic acids is 1. The Balaban J connectivity index is 1.66. The van der Waals surface area contributed by atoms with Gasteiger partial charge in [-0.1, -0.05) is 0 Å². The molecule has 0 radical (unpaired) electrons. The third-order valence-corrected chi connectivity index (χ3v) is 3.14. The molecule has 0 bridgehead atoms. The Morgan fingerprint density at radius 2 is 2.09 bits per heavy atom. The molecule has 114 valence electrons. The van der Waals surface area contributed by atoms with Gasteiger partial charge in [-0.25, -0.2) is 4.79 Å². The number of nitrogens with zero attached hydrogens (tertiary/aromatic N) is 3. The van der Waals surface area contributed by atoms with Gasteiger partial charge < -0.3 is 15.4 Å². The van der Waals surface area contributed by atoms with Crippen LogP contribution < -0.4 is 10.6 Å². The number of anilines is 3. The van der Waals surface area contributed by atoms with Gasteiger partial charge in [0.15, 0.2) is 5.82 Å². The summed E-state index contributed by atoms with van der Waals surface area (Å²) in [6, 6.07) is 7.45. The lowest BCUT2D eigenvalue weighted by Gasteiger charge is -2.07. The Kier molecular flexibility index (Phi) is 4.13. The van der Waals surface area contributed by atoms with Gasteiger partial charge in [-0.3, -0.25) is 0 Å². The first-order valence-corrected chi connectivity index (χ1v) is 7.25. The zero-order valence-electron chi connectivity index (χ0n) is 12.2. The fourth-order valence-electron chi connectivity index (χ4n) is 1.90. The van der Waals surface area contributed by atoms with Gasteiger partial charge in [-0.15, -0.1) is 5.10 Å². The van der Waals surface area contributed by atoms with Crippen LogP contribution in [0.3, 0.4) is 0 Å². The Morgan fingerprint density at radius 3 is 2.77 bits per heavy atom. The summed E-state index contributed by atoms with van der Waals surface area (Å²) >= 11 is 0. The van der Waals surface area contributed by atoms with Crippen molar-refractivity contribution >= 4 is 23.4 Å². The molecule has 1 fully saturated rings. The van der Waals surface area contributed by atoms with Crippen LogP contribution in [0.4, 0.5) is 17.5 Å². The van der Waals surface area contributed by atoms with E-state index in [4.69, 9.17) is 4.74 Å². The molecule has 0 atom stereocenters. The molecule has 3 rings (SSSR count). The summed E-state index contributed by atoms with van der Waals surface area (Å²) in [4.78, 5) is 15.9. The van der Waals surface area contributed by atoms with Crippen LogP contribution in [0.1, 0.15) is 30.1 Å².